The molecule has 50 heavy (non-hydrogen) atoms. The first-order valence-electron chi connectivity index (χ1n) is 16.1. The summed E-state index contributed by atoms with van der Waals surface area (Å²) < 4.78 is 85.7. The fourth-order valence-corrected chi connectivity index (χ4v) is 9.36. The molecule has 1 amide bonds. The third-order valence-corrected chi connectivity index (χ3v) is 11.7. The first kappa shape index (κ1) is 33.0. The van der Waals surface area contributed by atoms with E-state index in [1.54, 1.807) is 4.90 Å². The van der Waals surface area contributed by atoms with Gasteiger partial charge in [0.15, 0.2) is 11.6 Å². The van der Waals surface area contributed by atoms with Gasteiger partial charge in [0.25, 0.3) is 5.91 Å². The SMILES string of the molecule is N#Cc1c(N)sc2c(F)ccc(-c3c(Cl)c4c5c(nc(OC[C@@]67CCCN6C[C@H](F)C7)nc5c3F)N([C@@H]3CCN(C(=O)C(F)F)C3)CCO4)c12. The highest BCUT2D eigenvalue weighted by Gasteiger charge is 2.49. The number of thiophene rings is 1. The first-order valence-corrected chi connectivity index (χ1v) is 17.3. The van der Waals surface area contributed by atoms with Gasteiger partial charge in [-0.05, 0) is 37.4 Å². The number of hydrogen-bond donors (Lipinski definition) is 1. The number of carbonyl (C=O) groups excluding carboxylic acids is 1. The number of nitriles is 1. The van der Waals surface area contributed by atoms with Gasteiger partial charge in [-0.25, -0.2) is 13.2 Å². The van der Waals surface area contributed by atoms with Crippen molar-refractivity contribution in [1.29, 1.82) is 5.26 Å². The minimum absolute atomic E-state index is 0.00929. The van der Waals surface area contributed by atoms with Crippen LogP contribution >= 0.6 is 22.9 Å². The number of fused-ring (bicyclic) bond motifs is 2. The van der Waals surface area contributed by atoms with E-state index in [-0.39, 0.29) is 111 Å². The minimum atomic E-state index is -3.16. The molecular formula is C33H29ClF5N7O3S. The number of nitrogen functional groups attached to an aromatic ring is 1. The monoisotopic (exact) mass is 733 g/mol. The third kappa shape index (κ3) is 5.07. The molecule has 0 unspecified atom stereocenters. The predicted octanol–water partition coefficient (Wildman–Crippen LogP) is 5.92. The van der Waals surface area contributed by atoms with Crippen LogP contribution in [-0.2, 0) is 4.79 Å². The number of rotatable bonds is 6. The Morgan fingerprint density at radius 1 is 1.22 bits per heavy atom. The van der Waals surface area contributed by atoms with Crippen LogP contribution in [0.25, 0.3) is 32.1 Å². The number of ether oxygens (including phenoxy) is 2. The van der Waals surface area contributed by atoms with Gasteiger partial charge in [-0.2, -0.15) is 24.0 Å². The van der Waals surface area contributed by atoms with E-state index in [1.807, 2.05) is 6.07 Å². The number of nitrogens with zero attached hydrogens (tertiary/aromatic N) is 6. The topological polar surface area (TPSA) is 121 Å². The molecule has 2 aromatic carbocycles. The number of amides is 1. The van der Waals surface area contributed by atoms with Crippen LogP contribution in [0.5, 0.6) is 11.8 Å². The number of anilines is 2. The molecular weight excluding hydrogens is 705 g/mol. The largest absolute Gasteiger partial charge is 0.489 e. The van der Waals surface area contributed by atoms with E-state index < -0.39 is 41.7 Å². The number of aromatic nitrogens is 2. The second-order valence-corrected chi connectivity index (χ2v) is 14.5. The van der Waals surface area contributed by atoms with Crippen molar-refractivity contribution in [2.24, 2.45) is 0 Å². The zero-order valence-electron chi connectivity index (χ0n) is 26.3. The third-order valence-electron chi connectivity index (χ3n) is 10.3. The summed E-state index contributed by atoms with van der Waals surface area (Å²) in [5, 5.41) is 9.96. The van der Waals surface area contributed by atoms with Crippen molar-refractivity contribution >= 4 is 60.7 Å². The standard InChI is InChI=1S/C33H29ClF5N7O3S/c34-23-21(17-2-3-19(36)27-20(17)18(11-40)29(41)50-27)24(37)25-22-26(23)48-9-8-46(16-4-7-44(13-16)31(47)28(38)39)30(22)43-32(42-25)49-14-33-5-1-6-45(33)12-15(35)10-33/h2-3,15-16,28H,1,4-10,12-14,41H2/t15-,16-,33+/m1/s1. The van der Waals surface area contributed by atoms with Crippen LogP contribution in [0, 0.1) is 23.0 Å². The van der Waals surface area contributed by atoms with Crippen molar-refractivity contribution in [3.05, 3.63) is 34.4 Å². The summed E-state index contributed by atoms with van der Waals surface area (Å²) in [6, 6.07) is 3.73. The molecule has 4 aromatic rings. The molecule has 6 heterocycles. The normalized spacial score (nSPS) is 23.5. The maximum atomic E-state index is 17.2. The average Bonchev–Trinajstić information content (AvgIpc) is 3.84. The molecule has 3 atom stereocenters. The molecule has 0 bridgehead atoms. The van der Waals surface area contributed by atoms with Gasteiger partial charge in [-0.3, -0.25) is 9.69 Å². The van der Waals surface area contributed by atoms with Gasteiger partial charge < -0.3 is 25.0 Å². The smallest absolute Gasteiger partial charge is 0.319 e. The lowest BCUT2D eigenvalue weighted by Gasteiger charge is -2.31. The van der Waals surface area contributed by atoms with E-state index in [0.29, 0.717) is 12.8 Å². The van der Waals surface area contributed by atoms with Crippen molar-refractivity contribution in [3.8, 4) is 29.0 Å². The lowest BCUT2D eigenvalue weighted by Crippen LogP contribution is -2.44. The van der Waals surface area contributed by atoms with Crippen LogP contribution < -0.4 is 20.1 Å². The summed E-state index contributed by atoms with van der Waals surface area (Å²) in [5.41, 5.74) is 5.10. The van der Waals surface area contributed by atoms with E-state index in [2.05, 4.69) is 9.88 Å². The van der Waals surface area contributed by atoms with Crippen molar-refractivity contribution in [2.75, 3.05) is 56.6 Å². The Labute approximate surface area is 291 Å². The number of benzene rings is 2. The van der Waals surface area contributed by atoms with Crippen LogP contribution in [0.1, 0.15) is 31.2 Å². The van der Waals surface area contributed by atoms with E-state index in [1.165, 1.54) is 6.07 Å². The maximum absolute atomic E-state index is 17.2. The summed E-state index contributed by atoms with van der Waals surface area (Å²) in [7, 11) is 0. The lowest BCUT2D eigenvalue weighted by molar-refractivity contribution is -0.141. The Bertz CT molecular complexity index is 2110. The Balaban J connectivity index is 1.31. The number of hydrogen-bond acceptors (Lipinski definition) is 10. The van der Waals surface area contributed by atoms with Crippen LogP contribution in [0.2, 0.25) is 5.02 Å². The highest BCUT2D eigenvalue weighted by atomic mass is 35.5. The van der Waals surface area contributed by atoms with Gasteiger partial charge in [0.05, 0.1) is 32.8 Å². The molecule has 262 valence electrons. The Morgan fingerprint density at radius 3 is 2.82 bits per heavy atom. The maximum Gasteiger partial charge on any atom is 0.319 e. The molecule has 17 heteroatoms. The number of alkyl halides is 3. The molecule has 2 aromatic heterocycles. The van der Waals surface area contributed by atoms with Crippen LogP contribution in [0.15, 0.2) is 12.1 Å². The fourth-order valence-electron chi connectivity index (χ4n) is 8.08. The molecule has 3 saturated heterocycles. The Morgan fingerprint density at radius 2 is 2.04 bits per heavy atom. The second kappa shape index (κ2) is 12.2. The molecule has 10 nitrogen and oxygen atoms in total. The van der Waals surface area contributed by atoms with Crippen LogP contribution in [-0.4, -0.2) is 95.8 Å². The predicted molar refractivity (Wildman–Crippen MR) is 177 cm³/mol. The van der Waals surface area contributed by atoms with E-state index in [4.69, 9.17) is 31.8 Å². The van der Waals surface area contributed by atoms with Gasteiger partial charge >= 0.3 is 12.4 Å². The second-order valence-electron chi connectivity index (χ2n) is 13.1. The molecule has 2 N–H and O–H groups in total. The summed E-state index contributed by atoms with van der Waals surface area (Å²) >= 11 is 7.82. The molecule has 8 rings (SSSR count). The van der Waals surface area contributed by atoms with E-state index in [0.717, 1.165) is 35.3 Å². The highest BCUT2D eigenvalue weighted by Crippen LogP contribution is 2.51. The summed E-state index contributed by atoms with van der Waals surface area (Å²) in [6.07, 6.45) is -2.02. The van der Waals surface area contributed by atoms with E-state index >= 15 is 4.39 Å². The van der Waals surface area contributed by atoms with Crippen molar-refractivity contribution in [3.63, 3.8) is 0 Å². The van der Waals surface area contributed by atoms with Gasteiger partial charge in [0, 0.05) is 43.0 Å². The molecule has 0 saturated carbocycles. The minimum Gasteiger partial charge on any atom is -0.489 e. The van der Waals surface area contributed by atoms with Gasteiger partial charge in [-0.15, -0.1) is 11.3 Å². The van der Waals surface area contributed by atoms with Crippen LogP contribution in [0.3, 0.4) is 0 Å². The van der Waals surface area contributed by atoms with Gasteiger partial charge in [-0.1, -0.05) is 17.7 Å². The lowest BCUT2D eigenvalue weighted by atomic mass is 9.95. The molecule has 0 aliphatic carbocycles. The summed E-state index contributed by atoms with van der Waals surface area (Å²) in [6.45, 7) is 1.27. The quantitative estimate of drug-likeness (QED) is 0.241. The first-order chi connectivity index (χ1) is 24.0. The van der Waals surface area contributed by atoms with Crippen molar-refractivity contribution in [1.82, 2.24) is 19.8 Å². The molecule has 4 aliphatic rings. The number of nitrogens with two attached hydrogens (primary N) is 1. The van der Waals surface area contributed by atoms with Crippen LogP contribution in [0.4, 0.5) is 32.8 Å². The average molecular weight is 734 g/mol. The Hall–Kier alpha value is -4.20. The molecule has 3 fully saturated rings. The van der Waals surface area contributed by atoms with E-state index in [9.17, 15) is 27.6 Å². The number of carbonyl (C=O) groups is 1. The number of likely N-dealkylation sites (tertiary alicyclic amines) is 1. The molecule has 0 spiro atoms. The molecule has 4 aliphatic heterocycles. The van der Waals surface area contributed by atoms with Gasteiger partial charge in [0.2, 0.25) is 0 Å². The van der Waals surface area contributed by atoms with Crippen molar-refractivity contribution in [2.45, 2.75) is 49.9 Å². The summed E-state index contributed by atoms with van der Waals surface area (Å²) in [4.78, 5) is 26.3. The zero-order valence-corrected chi connectivity index (χ0v) is 27.9. The van der Waals surface area contributed by atoms with Gasteiger partial charge in [0.1, 0.15) is 47.6 Å². The number of halogens is 6. The fraction of sp³-hybridized carbons (Fsp3) is 0.455. The van der Waals surface area contributed by atoms with Crippen molar-refractivity contribution < 1.29 is 36.2 Å². The summed E-state index contributed by atoms with van der Waals surface area (Å²) in [5.74, 6) is -2.67. The zero-order chi connectivity index (χ0) is 35.1. The molecule has 0 radical (unpaired) electrons. The highest BCUT2D eigenvalue weighted by molar-refractivity contribution is 7.23. The Kier molecular flexibility index (Phi) is 8.07.